The molecule has 0 heterocycles. The summed E-state index contributed by atoms with van der Waals surface area (Å²) in [6.45, 7) is 14.2. The lowest BCUT2D eigenvalue weighted by Gasteiger charge is -2.22. The van der Waals surface area contributed by atoms with Crippen LogP contribution in [0.2, 0.25) is 0 Å². The Hall–Kier alpha value is 0. The second kappa shape index (κ2) is 16.0. The van der Waals surface area contributed by atoms with Crippen LogP contribution in [0.5, 0.6) is 0 Å². The van der Waals surface area contributed by atoms with Crippen LogP contribution in [0.1, 0.15) is 157 Å². The van der Waals surface area contributed by atoms with E-state index in [-0.39, 0.29) is 0 Å². The molecule has 0 nitrogen and oxygen atoms in total. The Morgan fingerprint density at radius 2 is 0.654 bits per heavy atom. The molecule has 0 aliphatic carbocycles. The van der Waals surface area contributed by atoms with Gasteiger partial charge >= 0.3 is 0 Å². The van der Waals surface area contributed by atoms with Crippen molar-refractivity contribution in [1.82, 2.24) is 0 Å². The Bertz CT molecular complexity index is 281. The minimum atomic E-state index is 0.534. The predicted octanol–water partition coefficient (Wildman–Crippen LogP) is 10.1. The summed E-state index contributed by atoms with van der Waals surface area (Å²) in [5, 5.41) is 0. The molecule has 0 aromatic heterocycles. The van der Waals surface area contributed by atoms with E-state index in [4.69, 9.17) is 0 Å². The Kier molecular flexibility index (Phi) is 16.0. The van der Waals surface area contributed by atoms with Gasteiger partial charge in [0.1, 0.15) is 0 Å². The van der Waals surface area contributed by atoms with E-state index in [2.05, 4.69) is 41.5 Å². The fourth-order valence-corrected chi connectivity index (χ4v) is 3.73. The Labute approximate surface area is 168 Å². The van der Waals surface area contributed by atoms with Gasteiger partial charge in [0.05, 0.1) is 0 Å². The highest BCUT2D eigenvalue weighted by molar-refractivity contribution is 4.66. The molecule has 0 saturated carbocycles. The normalized spacial score (nSPS) is 12.7. The molecule has 0 saturated heterocycles. The lowest BCUT2D eigenvalue weighted by molar-refractivity contribution is 0.307. The first-order chi connectivity index (χ1) is 12.3. The van der Waals surface area contributed by atoms with Crippen molar-refractivity contribution >= 4 is 0 Å². The average molecular weight is 367 g/mol. The molecule has 0 radical (unpaired) electrons. The maximum atomic E-state index is 2.42. The lowest BCUT2D eigenvalue weighted by Crippen LogP contribution is -2.08. The third kappa shape index (κ3) is 20.3. The summed E-state index contributed by atoms with van der Waals surface area (Å²) in [6.07, 6.45) is 26.1. The Morgan fingerprint density at radius 1 is 0.385 bits per heavy atom. The van der Waals surface area contributed by atoms with Crippen LogP contribution in [0.15, 0.2) is 0 Å². The zero-order valence-corrected chi connectivity index (χ0v) is 19.7. The summed E-state index contributed by atoms with van der Waals surface area (Å²) in [5.74, 6) is 0. The molecule has 0 aromatic rings. The predicted molar refractivity (Wildman–Crippen MR) is 122 cm³/mol. The summed E-state index contributed by atoms with van der Waals surface area (Å²) >= 11 is 0. The quantitative estimate of drug-likeness (QED) is 0.212. The van der Waals surface area contributed by atoms with Gasteiger partial charge in [-0.15, -0.1) is 0 Å². The molecule has 26 heavy (non-hydrogen) atoms. The van der Waals surface area contributed by atoms with E-state index in [0.717, 1.165) is 0 Å². The zero-order valence-electron chi connectivity index (χ0n) is 19.7. The molecule has 0 heteroatoms. The summed E-state index contributed by atoms with van der Waals surface area (Å²) in [6, 6.07) is 0. The maximum absolute atomic E-state index is 2.42. The van der Waals surface area contributed by atoms with Gasteiger partial charge in [0.15, 0.2) is 0 Å². The minimum Gasteiger partial charge on any atom is -0.0649 e. The topological polar surface area (TPSA) is 0 Å². The number of unbranched alkanes of at least 4 members (excludes halogenated alkanes) is 14. The van der Waals surface area contributed by atoms with Gasteiger partial charge in [-0.3, -0.25) is 0 Å². The van der Waals surface area contributed by atoms with E-state index in [1.165, 1.54) is 116 Å². The van der Waals surface area contributed by atoms with Crippen LogP contribution in [0.25, 0.3) is 0 Å². The molecule has 0 spiro atoms. The number of rotatable bonds is 18. The molecule has 0 N–H and O–H groups in total. The molecule has 0 aliphatic rings. The molecule has 0 amide bonds. The third-order valence-electron chi connectivity index (χ3n) is 6.24. The van der Waals surface area contributed by atoms with Crippen molar-refractivity contribution in [3.8, 4) is 0 Å². The highest BCUT2D eigenvalue weighted by Gasteiger charge is 2.13. The van der Waals surface area contributed by atoms with Crippen molar-refractivity contribution < 1.29 is 0 Å². The number of hydrogen-bond acceptors (Lipinski definition) is 0. The highest BCUT2D eigenvalue weighted by atomic mass is 14.2. The summed E-state index contributed by atoms with van der Waals surface area (Å²) in [4.78, 5) is 0. The standard InChI is InChI=1S/C26H54/c1-7-26(5,6)24-22-20-18-16-14-12-10-8-9-11-13-15-17-19-21-23-25(2,3)4/h7-24H2,1-6H3. The fourth-order valence-electron chi connectivity index (χ4n) is 3.73. The molecule has 0 aromatic carbocycles. The smallest absolute Gasteiger partial charge is 0.0357 e. The van der Waals surface area contributed by atoms with E-state index < -0.39 is 0 Å². The lowest BCUT2D eigenvalue weighted by atomic mass is 9.84. The van der Waals surface area contributed by atoms with Crippen LogP contribution in [0.4, 0.5) is 0 Å². The maximum Gasteiger partial charge on any atom is -0.0357 e. The van der Waals surface area contributed by atoms with Gasteiger partial charge in [-0.05, 0) is 23.7 Å². The van der Waals surface area contributed by atoms with E-state index in [9.17, 15) is 0 Å². The van der Waals surface area contributed by atoms with Crippen LogP contribution in [0.3, 0.4) is 0 Å². The highest BCUT2D eigenvalue weighted by Crippen LogP contribution is 2.27. The van der Waals surface area contributed by atoms with Crippen molar-refractivity contribution in [2.45, 2.75) is 157 Å². The second-order valence-electron chi connectivity index (χ2n) is 10.9. The molecule has 0 rings (SSSR count). The first kappa shape index (κ1) is 26.0. The fraction of sp³-hybridized carbons (Fsp3) is 1.00. The van der Waals surface area contributed by atoms with E-state index in [1.54, 1.807) is 0 Å². The third-order valence-corrected chi connectivity index (χ3v) is 6.24. The monoisotopic (exact) mass is 366 g/mol. The molecule has 0 bridgehead atoms. The van der Waals surface area contributed by atoms with E-state index in [1.807, 2.05) is 0 Å². The van der Waals surface area contributed by atoms with Crippen molar-refractivity contribution in [1.29, 1.82) is 0 Å². The van der Waals surface area contributed by atoms with Crippen LogP contribution < -0.4 is 0 Å². The minimum absolute atomic E-state index is 0.534. The first-order valence-electron chi connectivity index (χ1n) is 12.3. The molecular weight excluding hydrogens is 312 g/mol. The average Bonchev–Trinajstić information content (AvgIpc) is 2.56. The van der Waals surface area contributed by atoms with Crippen LogP contribution in [-0.4, -0.2) is 0 Å². The largest absolute Gasteiger partial charge is 0.0649 e. The van der Waals surface area contributed by atoms with Gasteiger partial charge in [0, 0.05) is 0 Å². The Balaban J connectivity index is 3.12. The van der Waals surface area contributed by atoms with Gasteiger partial charge in [0.25, 0.3) is 0 Å². The van der Waals surface area contributed by atoms with Crippen molar-refractivity contribution in [2.24, 2.45) is 10.8 Å². The zero-order chi connectivity index (χ0) is 19.7. The molecule has 0 atom stereocenters. The van der Waals surface area contributed by atoms with E-state index in [0.29, 0.717) is 10.8 Å². The first-order valence-corrected chi connectivity index (χ1v) is 12.3. The molecule has 0 aliphatic heterocycles. The van der Waals surface area contributed by atoms with Gasteiger partial charge in [0.2, 0.25) is 0 Å². The van der Waals surface area contributed by atoms with Crippen molar-refractivity contribution in [3.05, 3.63) is 0 Å². The van der Waals surface area contributed by atoms with Gasteiger partial charge < -0.3 is 0 Å². The van der Waals surface area contributed by atoms with Gasteiger partial charge in [-0.1, -0.05) is 144 Å². The van der Waals surface area contributed by atoms with Crippen molar-refractivity contribution in [3.63, 3.8) is 0 Å². The van der Waals surface area contributed by atoms with Crippen LogP contribution in [-0.2, 0) is 0 Å². The second-order valence-corrected chi connectivity index (χ2v) is 10.9. The van der Waals surface area contributed by atoms with Gasteiger partial charge in [-0.2, -0.15) is 0 Å². The summed E-state index contributed by atoms with van der Waals surface area (Å²) < 4.78 is 0. The van der Waals surface area contributed by atoms with Crippen LogP contribution in [0, 0.1) is 10.8 Å². The van der Waals surface area contributed by atoms with Gasteiger partial charge in [-0.25, -0.2) is 0 Å². The SMILES string of the molecule is CCC(C)(C)CCCCCCCCCCCCCCCCCC(C)(C)C. The summed E-state index contributed by atoms with van der Waals surface area (Å²) in [7, 11) is 0. The Morgan fingerprint density at radius 3 is 0.923 bits per heavy atom. The molecule has 0 unspecified atom stereocenters. The number of hydrogen-bond donors (Lipinski definition) is 0. The van der Waals surface area contributed by atoms with Crippen LogP contribution >= 0.6 is 0 Å². The molecule has 158 valence electrons. The molecular formula is C26H54. The van der Waals surface area contributed by atoms with Crippen molar-refractivity contribution in [2.75, 3.05) is 0 Å². The summed E-state index contributed by atoms with van der Waals surface area (Å²) in [5.41, 5.74) is 1.11. The van der Waals surface area contributed by atoms with E-state index >= 15 is 0 Å². The molecule has 0 fully saturated rings.